The smallest absolute Gasteiger partial charge is 0.352 e. The van der Waals surface area contributed by atoms with Crippen molar-refractivity contribution in [3.63, 3.8) is 0 Å². The summed E-state index contributed by atoms with van der Waals surface area (Å²) in [5.41, 5.74) is 2.05. The number of carboxylic acid groups (broad SMARTS) is 1. The van der Waals surface area contributed by atoms with Crippen molar-refractivity contribution < 1.29 is 9.90 Å². The molecule has 3 aromatic heterocycles. The molecule has 0 spiro atoms. The second kappa shape index (κ2) is 8.50. The van der Waals surface area contributed by atoms with Crippen molar-refractivity contribution in [2.75, 3.05) is 36.4 Å². The summed E-state index contributed by atoms with van der Waals surface area (Å²) >= 11 is 0. The molecule has 1 aliphatic carbocycles. The monoisotopic (exact) mass is 421 g/mol. The molecule has 1 aliphatic heterocycles. The largest absolute Gasteiger partial charge is 0.477 e. The number of aromatic carboxylic acids is 1. The van der Waals surface area contributed by atoms with E-state index >= 15 is 0 Å². The van der Waals surface area contributed by atoms with Gasteiger partial charge in [-0.15, -0.1) is 0 Å². The molecule has 9 nitrogen and oxygen atoms in total. The molecule has 3 N–H and O–H groups in total. The van der Waals surface area contributed by atoms with Crippen LogP contribution in [-0.2, 0) is 0 Å². The number of carboxylic acids is 1. The van der Waals surface area contributed by atoms with E-state index in [1.54, 1.807) is 12.3 Å². The standard InChI is InChI=1S/C22H27N7O2/c30-21(31)18-12-15-13-25-22(27-20(15)29(18)16-4-1-2-5-16)26-19-7-6-17(14-24-19)28-10-3-8-23-9-11-28/h6-7,12-14,16,23H,1-5,8-11H2,(H,30,31)(H,24,25,26,27). The average molecular weight is 422 g/mol. The van der Waals surface area contributed by atoms with E-state index in [1.807, 2.05) is 16.8 Å². The predicted octanol–water partition coefficient (Wildman–Crippen LogP) is 3.18. The van der Waals surface area contributed by atoms with Crippen molar-refractivity contribution in [1.29, 1.82) is 0 Å². The minimum atomic E-state index is -0.930. The molecule has 0 atom stereocenters. The van der Waals surface area contributed by atoms with Crippen molar-refractivity contribution in [3.8, 4) is 0 Å². The van der Waals surface area contributed by atoms with E-state index in [1.165, 1.54) is 0 Å². The van der Waals surface area contributed by atoms with E-state index in [2.05, 4.69) is 36.6 Å². The summed E-state index contributed by atoms with van der Waals surface area (Å²) in [6.07, 6.45) is 8.85. The normalized spacial score (nSPS) is 17.7. The highest BCUT2D eigenvalue weighted by Gasteiger charge is 2.25. The summed E-state index contributed by atoms with van der Waals surface area (Å²) < 4.78 is 1.88. The van der Waals surface area contributed by atoms with Gasteiger partial charge in [0, 0.05) is 37.3 Å². The summed E-state index contributed by atoms with van der Waals surface area (Å²) in [4.78, 5) is 27.7. The van der Waals surface area contributed by atoms with Crippen molar-refractivity contribution in [2.45, 2.75) is 38.1 Å². The lowest BCUT2D eigenvalue weighted by molar-refractivity contribution is 0.0683. The molecule has 31 heavy (non-hydrogen) atoms. The Labute approximate surface area is 180 Å². The summed E-state index contributed by atoms with van der Waals surface area (Å²) in [6.45, 7) is 4.02. The van der Waals surface area contributed by atoms with Crippen LogP contribution < -0.4 is 15.5 Å². The Hall–Kier alpha value is -3.20. The molecule has 4 heterocycles. The maximum atomic E-state index is 11.8. The SMILES string of the molecule is O=C(O)c1cc2cnc(Nc3ccc(N4CCCNCC4)cn3)nc2n1C1CCCC1. The number of nitrogens with zero attached hydrogens (tertiary/aromatic N) is 5. The number of pyridine rings is 1. The van der Waals surface area contributed by atoms with Gasteiger partial charge in [0.05, 0.1) is 11.9 Å². The van der Waals surface area contributed by atoms with Crippen molar-refractivity contribution in [1.82, 2.24) is 24.8 Å². The van der Waals surface area contributed by atoms with Gasteiger partial charge in [-0.1, -0.05) is 12.8 Å². The molecule has 1 saturated heterocycles. The Morgan fingerprint density at radius 1 is 1.10 bits per heavy atom. The highest BCUT2D eigenvalue weighted by Crippen LogP contribution is 2.34. The highest BCUT2D eigenvalue weighted by molar-refractivity contribution is 5.93. The van der Waals surface area contributed by atoms with Gasteiger partial charge in [0.25, 0.3) is 0 Å². The third-order valence-electron chi connectivity index (χ3n) is 6.18. The van der Waals surface area contributed by atoms with Gasteiger partial charge in [0.2, 0.25) is 5.95 Å². The fourth-order valence-corrected chi connectivity index (χ4v) is 4.63. The van der Waals surface area contributed by atoms with E-state index in [0.717, 1.165) is 69.4 Å². The first-order valence-corrected chi connectivity index (χ1v) is 11.0. The Kier molecular flexibility index (Phi) is 5.42. The molecule has 0 amide bonds. The molecule has 0 unspecified atom stereocenters. The number of rotatable bonds is 5. The number of aromatic nitrogens is 4. The number of anilines is 3. The Morgan fingerprint density at radius 3 is 2.74 bits per heavy atom. The van der Waals surface area contributed by atoms with Crippen LogP contribution in [0.4, 0.5) is 17.5 Å². The zero-order valence-electron chi connectivity index (χ0n) is 17.4. The first-order chi connectivity index (χ1) is 15.2. The van der Waals surface area contributed by atoms with Crippen molar-refractivity contribution in [3.05, 3.63) is 36.3 Å². The zero-order chi connectivity index (χ0) is 21.2. The van der Waals surface area contributed by atoms with Gasteiger partial charge in [0.15, 0.2) is 0 Å². The molecule has 9 heteroatoms. The van der Waals surface area contributed by atoms with Crippen LogP contribution in [0.2, 0.25) is 0 Å². The average Bonchev–Trinajstić information content (AvgIpc) is 3.34. The van der Waals surface area contributed by atoms with E-state index in [9.17, 15) is 9.90 Å². The second-order valence-corrected chi connectivity index (χ2v) is 8.23. The van der Waals surface area contributed by atoms with E-state index in [-0.39, 0.29) is 11.7 Å². The molecule has 5 rings (SSSR count). The fourth-order valence-electron chi connectivity index (χ4n) is 4.63. The maximum Gasteiger partial charge on any atom is 0.352 e. The van der Waals surface area contributed by atoms with E-state index in [4.69, 9.17) is 0 Å². The molecule has 0 radical (unpaired) electrons. The van der Waals surface area contributed by atoms with Gasteiger partial charge >= 0.3 is 5.97 Å². The Bertz CT molecular complexity index is 1070. The van der Waals surface area contributed by atoms with Crippen molar-refractivity contribution in [2.24, 2.45) is 0 Å². The number of carbonyl (C=O) groups is 1. The second-order valence-electron chi connectivity index (χ2n) is 8.23. The maximum absolute atomic E-state index is 11.8. The Morgan fingerprint density at radius 2 is 1.97 bits per heavy atom. The first kappa shape index (κ1) is 19.7. The predicted molar refractivity (Wildman–Crippen MR) is 119 cm³/mol. The number of fused-ring (bicyclic) bond motifs is 1. The van der Waals surface area contributed by atoms with E-state index < -0.39 is 5.97 Å². The van der Waals surface area contributed by atoms with E-state index in [0.29, 0.717) is 17.4 Å². The van der Waals surface area contributed by atoms with Crippen LogP contribution in [0.25, 0.3) is 11.0 Å². The lowest BCUT2D eigenvalue weighted by atomic mass is 10.2. The molecule has 0 bridgehead atoms. The van der Waals surface area contributed by atoms with Gasteiger partial charge in [0.1, 0.15) is 17.2 Å². The van der Waals surface area contributed by atoms with Crippen LogP contribution in [0, 0.1) is 0 Å². The summed E-state index contributed by atoms with van der Waals surface area (Å²) in [5.74, 6) is 0.148. The lowest BCUT2D eigenvalue weighted by Gasteiger charge is -2.21. The van der Waals surface area contributed by atoms with Crippen LogP contribution in [0.1, 0.15) is 48.6 Å². The highest BCUT2D eigenvalue weighted by atomic mass is 16.4. The Balaban J connectivity index is 1.40. The van der Waals surface area contributed by atoms with Gasteiger partial charge in [-0.25, -0.2) is 14.8 Å². The van der Waals surface area contributed by atoms with Crippen LogP contribution in [-0.4, -0.2) is 56.8 Å². The molecule has 162 valence electrons. The molecule has 2 fully saturated rings. The quantitative estimate of drug-likeness (QED) is 0.576. The van der Waals surface area contributed by atoms with Crippen LogP contribution in [0.15, 0.2) is 30.6 Å². The minimum Gasteiger partial charge on any atom is -0.477 e. The van der Waals surface area contributed by atoms with Crippen LogP contribution >= 0.6 is 0 Å². The number of hydrogen-bond acceptors (Lipinski definition) is 7. The lowest BCUT2D eigenvalue weighted by Crippen LogP contribution is -2.27. The van der Waals surface area contributed by atoms with Crippen LogP contribution in [0.3, 0.4) is 0 Å². The fraction of sp³-hybridized carbons (Fsp3) is 0.455. The number of nitrogens with one attached hydrogen (secondary N) is 2. The topological polar surface area (TPSA) is 108 Å². The summed E-state index contributed by atoms with van der Waals surface area (Å²) in [7, 11) is 0. The molecule has 3 aromatic rings. The van der Waals surface area contributed by atoms with Crippen molar-refractivity contribution >= 4 is 34.5 Å². The molecular formula is C22H27N7O2. The third kappa shape index (κ3) is 4.05. The van der Waals surface area contributed by atoms with Gasteiger partial charge in [-0.2, -0.15) is 4.98 Å². The summed E-state index contributed by atoms with van der Waals surface area (Å²) in [5, 5.41) is 17.0. The van der Waals surface area contributed by atoms with Gasteiger partial charge < -0.3 is 25.2 Å². The zero-order valence-corrected chi connectivity index (χ0v) is 17.4. The molecular weight excluding hydrogens is 394 g/mol. The third-order valence-corrected chi connectivity index (χ3v) is 6.18. The molecule has 1 saturated carbocycles. The van der Waals surface area contributed by atoms with Crippen LogP contribution in [0.5, 0.6) is 0 Å². The van der Waals surface area contributed by atoms with Gasteiger partial charge in [-0.05, 0) is 44.0 Å². The molecule has 2 aliphatic rings. The first-order valence-electron chi connectivity index (χ1n) is 11.0. The minimum absolute atomic E-state index is 0.173. The molecule has 0 aromatic carbocycles. The number of hydrogen-bond donors (Lipinski definition) is 3. The van der Waals surface area contributed by atoms with Gasteiger partial charge in [-0.3, -0.25) is 0 Å². The summed E-state index contributed by atoms with van der Waals surface area (Å²) in [6, 6.07) is 5.83.